The van der Waals surface area contributed by atoms with Crippen molar-refractivity contribution in [2.45, 2.75) is 25.3 Å². The fraction of sp³-hybridized carbons (Fsp3) is 0.250. The number of urea groups is 1. The van der Waals surface area contributed by atoms with Gasteiger partial charge < -0.3 is 14.7 Å². The summed E-state index contributed by atoms with van der Waals surface area (Å²) >= 11 is 18.4. The number of rotatable bonds is 3. The van der Waals surface area contributed by atoms with E-state index in [1.54, 1.807) is 35.2 Å². The maximum absolute atomic E-state index is 13.0. The van der Waals surface area contributed by atoms with E-state index >= 15 is 0 Å². The molecule has 2 aromatic carbocycles. The summed E-state index contributed by atoms with van der Waals surface area (Å²) in [7, 11) is 0. The highest BCUT2D eigenvalue weighted by atomic mass is 35.5. The molecule has 1 aliphatic heterocycles. The molecule has 0 bridgehead atoms. The second-order valence-electron chi connectivity index (χ2n) is 6.70. The van der Waals surface area contributed by atoms with Gasteiger partial charge in [-0.1, -0.05) is 58.2 Å². The molecule has 150 valence electrons. The topological polar surface area (TPSA) is 71.3 Å². The molecule has 0 saturated carbocycles. The zero-order valence-electron chi connectivity index (χ0n) is 15.2. The van der Waals surface area contributed by atoms with Crippen LogP contribution < -0.4 is 5.32 Å². The van der Waals surface area contributed by atoms with Crippen LogP contribution >= 0.6 is 34.8 Å². The first-order valence-corrected chi connectivity index (χ1v) is 10.3. The van der Waals surface area contributed by atoms with Crippen molar-refractivity contribution in [1.29, 1.82) is 0 Å². The maximum Gasteiger partial charge on any atom is 0.322 e. The Morgan fingerprint density at radius 2 is 1.86 bits per heavy atom. The van der Waals surface area contributed by atoms with Gasteiger partial charge in [0.25, 0.3) is 0 Å². The smallest absolute Gasteiger partial charge is 0.322 e. The lowest BCUT2D eigenvalue weighted by molar-refractivity contribution is 0.142. The van der Waals surface area contributed by atoms with Crippen molar-refractivity contribution in [2.75, 3.05) is 11.9 Å². The average Bonchev–Trinajstić information content (AvgIpc) is 3.21. The molecule has 1 saturated heterocycles. The van der Waals surface area contributed by atoms with Gasteiger partial charge in [-0.05, 0) is 43.5 Å². The van der Waals surface area contributed by atoms with Gasteiger partial charge in [0.05, 0.1) is 15.7 Å². The third-order valence-electron chi connectivity index (χ3n) is 4.77. The number of anilines is 1. The van der Waals surface area contributed by atoms with Crippen LogP contribution in [-0.4, -0.2) is 27.6 Å². The second-order valence-corrected chi connectivity index (χ2v) is 7.95. The molecule has 1 fully saturated rings. The Bertz CT molecular complexity index is 1020. The molecule has 29 heavy (non-hydrogen) atoms. The molecule has 1 unspecified atom stereocenters. The molecule has 9 heteroatoms. The maximum atomic E-state index is 13.0. The van der Waals surface area contributed by atoms with Crippen molar-refractivity contribution in [2.24, 2.45) is 0 Å². The first-order chi connectivity index (χ1) is 14.0. The van der Waals surface area contributed by atoms with Crippen LogP contribution in [0.2, 0.25) is 15.1 Å². The van der Waals surface area contributed by atoms with E-state index in [0.717, 1.165) is 24.8 Å². The molecular formula is C20H17Cl3N4O2. The quantitative estimate of drug-likeness (QED) is 0.496. The number of hydrogen-bond donors (Lipinski definition) is 1. The first kappa shape index (κ1) is 20.0. The van der Waals surface area contributed by atoms with E-state index < -0.39 is 0 Å². The van der Waals surface area contributed by atoms with Gasteiger partial charge in [0, 0.05) is 17.1 Å². The predicted molar refractivity (Wildman–Crippen MR) is 114 cm³/mol. The Morgan fingerprint density at radius 1 is 1.10 bits per heavy atom. The fourth-order valence-electron chi connectivity index (χ4n) is 3.34. The summed E-state index contributed by atoms with van der Waals surface area (Å²) < 4.78 is 5.50. The average molecular weight is 452 g/mol. The summed E-state index contributed by atoms with van der Waals surface area (Å²) in [5.41, 5.74) is 1.14. The Hall–Kier alpha value is -2.28. The number of carbonyl (C=O) groups is 1. The molecule has 3 aromatic rings. The molecule has 1 N–H and O–H groups in total. The third-order valence-corrected chi connectivity index (χ3v) is 5.63. The Labute approximate surface area is 182 Å². The fourth-order valence-corrected chi connectivity index (χ4v) is 4.02. The van der Waals surface area contributed by atoms with E-state index in [4.69, 9.17) is 39.3 Å². The van der Waals surface area contributed by atoms with E-state index in [1.807, 2.05) is 12.1 Å². The summed E-state index contributed by atoms with van der Waals surface area (Å²) in [5, 5.41) is 8.21. The molecular weight excluding hydrogens is 435 g/mol. The second kappa shape index (κ2) is 8.61. The molecule has 1 atom stereocenters. The number of para-hydroxylation sites is 1. The summed E-state index contributed by atoms with van der Waals surface area (Å²) in [4.78, 5) is 19.2. The van der Waals surface area contributed by atoms with Crippen molar-refractivity contribution < 1.29 is 9.32 Å². The van der Waals surface area contributed by atoms with Gasteiger partial charge in [-0.15, -0.1) is 0 Å². The van der Waals surface area contributed by atoms with Crippen LogP contribution in [0.3, 0.4) is 0 Å². The number of aromatic nitrogens is 2. The van der Waals surface area contributed by atoms with E-state index in [0.29, 0.717) is 39.0 Å². The number of likely N-dealkylation sites (tertiary alicyclic amines) is 1. The standard InChI is InChI=1S/C20H17Cl3N4O2/c21-13-6-3-5-12(11-13)18-25-19(29-26-18)16-9-1-2-10-27(16)20(28)24-17-14(22)7-4-8-15(17)23/h3-8,11,16H,1-2,9-10H2,(H,24,28). The molecule has 0 aliphatic carbocycles. The van der Waals surface area contributed by atoms with Gasteiger partial charge in [-0.25, -0.2) is 4.79 Å². The highest BCUT2D eigenvalue weighted by Crippen LogP contribution is 2.34. The monoisotopic (exact) mass is 450 g/mol. The Balaban J connectivity index is 1.57. The summed E-state index contributed by atoms with van der Waals surface area (Å²) in [6, 6.07) is 11.6. The zero-order valence-corrected chi connectivity index (χ0v) is 17.5. The number of hydrogen-bond acceptors (Lipinski definition) is 4. The van der Waals surface area contributed by atoms with Gasteiger partial charge in [0.1, 0.15) is 6.04 Å². The number of halogens is 3. The lowest BCUT2D eigenvalue weighted by atomic mass is 10.0. The molecule has 4 rings (SSSR count). The molecule has 6 nitrogen and oxygen atoms in total. The molecule has 1 aliphatic rings. The van der Waals surface area contributed by atoms with Crippen LogP contribution in [0, 0.1) is 0 Å². The summed E-state index contributed by atoms with van der Waals surface area (Å²) in [5.74, 6) is 0.822. The van der Waals surface area contributed by atoms with Crippen LogP contribution in [0.5, 0.6) is 0 Å². The van der Waals surface area contributed by atoms with Crippen molar-refractivity contribution in [3.63, 3.8) is 0 Å². The largest absolute Gasteiger partial charge is 0.337 e. The third kappa shape index (κ3) is 4.34. The number of nitrogens with zero attached hydrogens (tertiary/aromatic N) is 3. The Kier molecular flexibility index (Phi) is 5.94. The minimum atomic E-state index is -0.328. The van der Waals surface area contributed by atoms with Crippen molar-refractivity contribution >= 4 is 46.5 Å². The predicted octanol–water partition coefficient (Wildman–Crippen LogP) is 6.46. The number of benzene rings is 2. The number of amides is 2. The number of piperidine rings is 1. The highest BCUT2D eigenvalue weighted by molar-refractivity contribution is 6.39. The van der Waals surface area contributed by atoms with Gasteiger partial charge in [-0.3, -0.25) is 0 Å². The first-order valence-electron chi connectivity index (χ1n) is 9.14. The van der Waals surface area contributed by atoms with Crippen molar-refractivity contribution in [1.82, 2.24) is 15.0 Å². The van der Waals surface area contributed by atoms with Crippen LogP contribution in [0.4, 0.5) is 10.5 Å². The molecule has 0 radical (unpaired) electrons. The van der Waals surface area contributed by atoms with Crippen molar-refractivity contribution in [3.05, 3.63) is 63.4 Å². The minimum absolute atomic E-state index is 0.313. The number of nitrogens with one attached hydrogen (secondary N) is 1. The van der Waals surface area contributed by atoms with E-state index in [2.05, 4.69) is 15.5 Å². The van der Waals surface area contributed by atoms with E-state index in [-0.39, 0.29) is 12.1 Å². The van der Waals surface area contributed by atoms with Gasteiger partial charge in [0.2, 0.25) is 11.7 Å². The van der Waals surface area contributed by atoms with Crippen LogP contribution in [-0.2, 0) is 0 Å². The lowest BCUT2D eigenvalue weighted by Crippen LogP contribution is -2.41. The molecule has 0 spiro atoms. The zero-order chi connectivity index (χ0) is 20.4. The highest BCUT2D eigenvalue weighted by Gasteiger charge is 2.33. The van der Waals surface area contributed by atoms with E-state index in [9.17, 15) is 4.79 Å². The summed E-state index contributed by atoms with van der Waals surface area (Å²) in [6.07, 6.45) is 2.56. The lowest BCUT2D eigenvalue weighted by Gasteiger charge is -2.33. The van der Waals surface area contributed by atoms with Gasteiger partial charge in [0.15, 0.2) is 0 Å². The molecule has 2 heterocycles. The van der Waals surface area contributed by atoms with Crippen LogP contribution in [0.1, 0.15) is 31.2 Å². The SMILES string of the molecule is O=C(Nc1c(Cl)cccc1Cl)N1CCCCC1c1nc(-c2cccc(Cl)c2)no1. The molecule has 2 amide bonds. The van der Waals surface area contributed by atoms with Gasteiger partial charge in [-0.2, -0.15) is 4.98 Å². The van der Waals surface area contributed by atoms with Crippen LogP contribution in [0.25, 0.3) is 11.4 Å². The summed E-state index contributed by atoms with van der Waals surface area (Å²) in [6.45, 7) is 0.563. The number of carbonyl (C=O) groups excluding carboxylic acids is 1. The van der Waals surface area contributed by atoms with E-state index in [1.165, 1.54) is 0 Å². The van der Waals surface area contributed by atoms with Crippen molar-refractivity contribution in [3.8, 4) is 11.4 Å². The minimum Gasteiger partial charge on any atom is -0.337 e. The van der Waals surface area contributed by atoms with Crippen LogP contribution in [0.15, 0.2) is 47.0 Å². The normalized spacial score (nSPS) is 16.7. The Morgan fingerprint density at radius 3 is 2.62 bits per heavy atom. The molecule has 1 aromatic heterocycles. The van der Waals surface area contributed by atoms with Gasteiger partial charge >= 0.3 is 6.03 Å².